The second kappa shape index (κ2) is 7.12. The lowest BCUT2D eigenvalue weighted by Crippen LogP contribution is -2.67. The van der Waals surface area contributed by atoms with Crippen LogP contribution in [0.4, 0.5) is 0 Å². The van der Waals surface area contributed by atoms with Gasteiger partial charge in [0.1, 0.15) is 0 Å². The molecule has 4 saturated carbocycles. The Balaban J connectivity index is 1.61. The normalized spacial score (nSPS) is 53.4. The van der Waals surface area contributed by atoms with E-state index in [1.165, 1.54) is 5.57 Å². The molecule has 0 unspecified atom stereocenters. The molecule has 0 radical (unpaired) electrons. The number of aliphatic hydroxyl groups is 2. The Kier molecular flexibility index (Phi) is 5.20. The fourth-order valence-corrected chi connectivity index (χ4v) is 10.8. The second-order valence-electron chi connectivity index (χ2n) is 15.2. The van der Waals surface area contributed by atoms with Crippen molar-refractivity contribution in [1.82, 2.24) is 0 Å². The third-order valence-corrected chi connectivity index (χ3v) is 13.0. The number of aliphatic hydroxyl groups excluding tert-OH is 2. The summed E-state index contributed by atoms with van der Waals surface area (Å²) in [7, 11) is 0. The Morgan fingerprint density at radius 2 is 1.53 bits per heavy atom. The van der Waals surface area contributed by atoms with E-state index in [0.717, 1.165) is 51.4 Å². The molecular formula is C30H48O4. The van der Waals surface area contributed by atoms with Crippen molar-refractivity contribution in [2.75, 3.05) is 0 Å². The molecule has 0 saturated heterocycles. The van der Waals surface area contributed by atoms with Crippen LogP contribution in [0, 0.1) is 50.2 Å². The first-order valence-electron chi connectivity index (χ1n) is 13.9. The van der Waals surface area contributed by atoms with Crippen molar-refractivity contribution in [3.05, 3.63) is 11.6 Å². The second-order valence-corrected chi connectivity index (χ2v) is 15.2. The summed E-state index contributed by atoms with van der Waals surface area (Å²) in [6, 6.07) is 0. The first-order valence-corrected chi connectivity index (χ1v) is 13.9. The van der Waals surface area contributed by atoms with Gasteiger partial charge >= 0.3 is 5.97 Å². The summed E-state index contributed by atoms with van der Waals surface area (Å²) >= 11 is 0. The Morgan fingerprint density at radius 3 is 2.18 bits per heavy atom. The van der Waals surface area contributed by atoms with Gasteiger partial charge in [0.15, 0.2) is 0 Å². The van der Waals surface area contributed by atoms with E-state index >= 15 is 0 Å². The average Bonchev–Trinajstić information content (AvgIpc) is 2.72. The van der Waals surface area contributed by atoms with E-state index in [0.29, 0.717) is 18.3 Å². The van der Waals surface area contributed by atoms with Crippen LogP contribution >= 0.6 is 0 Å². The van der Waals surface area contributed by atoms with E-state index in [-0.39, 0.29) is 33.0 Å². The van der Waals surface area contributed by atoms with Crippen LogP contribution in [0.2, 0.25) is 0 Å². The van der Waals surface area contributed by atoms with E-state index in [1.807, 2.05) is 0 Å². The molecule has 34 heavy (non-hydrogen) atoms. The molecule has 4 fully saturated rings. The molecule has 0 aliphatic heterocycles. The Morgan fingerprint density at radius 1 is 0.882 bits per heavy atom. The Labute approximate surface area is 206 Å². The van der Waals surface area contributed by atoms with Gasteiger partial charge in [-0.15, -0.1) is 0 Å². The van der Waals surface area contributed by atoms with Gasteiger partial charge in [0.2, 0.25) is 0 Å². The molecule has 5 rings (SSSR count). The predicted molar refractivity (Wildman–Crippen MR) is 134 cm³/mol. The predicted octanol–water partition coefficient (Wildman–Crippen LogP) is 6.20. The zero-order valence-electron chi connectivity index (χ0n) is 22.6. The van der Waals surface area contributed by atoms with E-state index in [4.69, 9.17) is 0 Å². The summed E-state index contributed by atoms with van der Waals surface area (Å²) in [5.74, 6) is 0.365. The van der Waals surface area contributed by atoms with Gasteiger partial charge in [0.05, 0.1) is 17.6 Å². The number of aliphatic carboxylic acids is 1. The van der Waals surface area contributed by atoms with Crippen LogP contribution in [0.5, 0.6) is 0 Å². The standard InChI is InChI=1S/C30H48O4/c1-25(2)12-14-30(24(33)34)15-13-28(6)18(19(30)16-25)8-9-22-27(5)17-20(31)23(32)26(3,4)21(27)10-11-29(22,28)7/h8,19-23,31-32H,9-17H2,1-7H3,(H,33,34)/t19-,20-,21-,22-,23-,27-,28-,29-,30-/m1/s1. The smallest absolute Gasteiger partial charge is 0.310 e. The maximum Gasteiger partial charge on any atom is 0.310 e. The highest BCUT2D eigenvalue weighted by Crippen LogP contribution is 2.75. The molecule has 192 valence electrons. The number of hydrogen-bond acceptors (Lipinski definition) is 3. The largest absolute Gasteiger partial charge is 0.481 e. The van der Waals surface area contributed by atoms with Crippen LogP contribution in [-0.4, -0.2) is 33.5 Å². The van der Waals surface area contributed by atoms with E-state index in [2.05, 4.69) is 54.5 Å². The average molecular weight is 473 g/mol. The van der Waals surface area contributed by atoms with Crippen molar-refractivity contribution in [3.8, 4) is 0 Å². The van der Waals surface area contributed by atoms with Gasteiger partial charge < -0.3 is 15.3 Å². The van der Waals surface area contributed by atoms with Gasteiger partial charge in [-0.1, -0.05) is 60.1 Å². The minimum atomic E-state index is -0.679. The van der Waals surface area contributed by atoms with Crippen molar-refractivity contribution in [2.45, 2.75) is 118 Å². The zero-order chi connectivity index (χ0) is 25.1. The Hall–Kier alpha value is -0.870. The maximum absolute atomic E-state index is 12.8. The lowest BCUT2D eigenvalue weighted by Gasteiger charge is -2.71. The quantitative estimate of drug-likeness (QED) is 0.397. The topological polar surface area (TPSA) is 77.8 Å². The van der Waals surface area contributed by atoms with Crippen LogP contribution in [0.15, 0.2) is 11.6 Å². The SMILES string of the molecule is CC1(C)CC[C@@]2(C(=O)O)CC[C@]3(C)C(=CC[C@@H]4[C@]5(C)C[C@@H](O)[C@@H](O)C(C)(C)[C@H]5CC[C@]43C)[C@H]2C1. The third-order valence-electron chi connectivity index (χ3n) is 13.0. The number of carboxylic acids is 1. The van der Waals surface area contributed by atoms with Crippen molar-refractivity contribution in [2.24, 2.45) is 50.2 Å². The summed E-state index contributed by atoms with van der Waals surface area (Å²) in [5.41, 5.74) is 0.754. The highest BCUT2D eigenvalue weighted by atomic mass is 16.4. The zero-order valence-corrected chi connectivity index (χ0v) is 22.6. The number of carboxylic acid groups (broad SMARTS) is 1. The van der Waals surface area contributed by atoms with Crippen molar-refractivity contribution >= 4 is 5.97 Å². The van der Waals surface area contributed by atoms with Crippen LogP contribution in [0.25, 0.3) is 0 Å². The van der Waals surface area contributed by atoms with Gasteiger partial charge in [-0.25, -0.2) is 0 Å². The van der Waals surface area contributed by atoms with Crippen LogP contribution in [-0.2, 0) is 4.79 Å². The fraction of sp³-hybridized carbons (Fsp3) is 0.900. The molecule has 0 spiro atoms. The summed E-state index contributed by atoms with van der Waals surface area (Å²) in [4.78, 5) is 12.8. The highest BCUT2D eigenvalue weighted by Gasteiger charge is 2.70. The highest BCUT2D eigenvalue weighted by molar-refractivity contribution is 5.76. The van der Waals surface area contributed by atoms with Crippen molar-refractivity contribution < 1.29 is 20.1 Å². The summed E-state index contributed by atoms with van der Waals surface area (Å²) < 4.78 is 0. The van der Waals surface area contributed by atoms with Gasteiger partial charge in [-0.2, -0.15) is 0 Å². The molecule has 0 aromatic heterocycles. The fourth-order valence-electron chi connectivity index (χ4n) is 10.8. The molecule has 5 aliphatic rings. The number of fused-ring (bicyclic) bond motifs is 7. The van der Waals surface area contributed by atoms with E-state index in [9.17, 15) is 20.1 Å². The molecule has 5 aliphatic carbocycles. The van der Waals surface area contributed by atoms with Gasteiger partial charge in [-0.05, 0) is 103 Å². The van der Waals surface area contributed by atoms with Gasteiger partial charge in [-0.3, -0.25) is 4.79 Å². The molecule has 0 aromatic rings. The minimum Gasteiger partial charge on any atom is -0.481 e. The summed E-state index contributed by atoms with van der Waals surface area (Å²) in [6.07, 6.45) is 9.45. The van der Waals surface area contributed by atoms with Crippen LogP contribution in [0.3, 0.4) is 0 Å². The van der Waals surface area contributed by atoms with E-state index < -0.39 is 23.6 Å². The molecule has 3 N–H and O–H groups in total. The monoisotopic (exact) mass is 472 g/mol. The summed E-state index contributed by atoms with van der Waals surface area (Å²) in [5, 5.41) is 32.4. The van der Waals surface area contributed by atoms with Gasteiger partial charge in [0.25, 0.3) is 0 Å². The van der Waals surface area contributed by atoms with Gasteiger partial charge in [0, 0.05) is 0 Å². The molecule has 0 heterocycles. The molecule has 9 atom stereocenters. The number of hydrogen-bond donors (Lipinski definition) is 3. The maximum atomic E-state index is 12.8. The molecule has 4 nitrogen and oxygen atoms in total. The lowest BCUT2D eigenvalue weighted by atomic mass is 9.33. The molecule has 0 bridgehead atoms. The Bertz CT molecular complexity index is 919. The van der Waals surface area contributed by atoms with Crippen molar-refractivity contribution in [3.63, 3.8) is 0 Å². The number of allylic oxidation sites excluding steroid dienone is 2. The molecule has 0 aromatic carbocycles. The van der Waals surface area contributed by atoms with Crippen LogP contribution < -0.4 is 0 Å². The molecular weight excluding hydrogens is 424 g/mol. The lowest BCUT2D eigenvalue weighted by molar-refractivity contribution is -0.231. The van der Waals surface area contributed by atoms with E-state index in [1.54, 1.807) is 0 Å². The molecule has 4 heteroatoms. The third kappa shape index (κ3) is 2.88. The van der Waals surface area contributed by atoms with Crippen LogP contribution in [0.1, 0.15) is 106 Å². The number of rotatable bonds is 1. The van der Waals surface area contributed by atoms with Crippen molar-refractivity contribution in [1.29, 1.82) is 0 Å². The molecule has 0 amide bonds. The number of carbonyl (C=O) groups is 1. The summed E-state index contributed by atoms with van der Waals surface area (Å²) in [6.45, 7) is 16.3. The first kappa shape index (κ1) is 24.8. The minimum absolute atomic E-state index is 0.00785. The first-order chi connectivity index (χ1) is 15.6.